The lowest BCUT2D eigenvalue weighted by molar-refractivity contribution is 0.0739. The third-order valence-corrected chi connectivity index (χ3v) is 3.43. The number of hydrogen-bond acceptors (Lipinski definition) is 4. The number of nitrogens with zero attached hydrogens (tertiary/aromatic N) is 3. The average Bonchev–Trinajstić information content (AvgIpc) is 2.49. The van der Waals surface area contributed by atoms with E-state index in [0.29, 0.717) is 0 Å². The van der Waals surface area contributed by atoms with E-state index in [4.69, 9.17) is 0 Å². The van der Waals surface area contributed by atoms with Gasteiger partial charge in [0.15, 0.2) is 0 Å². The summed E-state index contributed by atoms with van der Waals surface area (Å²) in [5, 5.41) is 0. The molecule has 7 heteroatoms. The Kier molecular flexibility index (Phi) is 4.02. The van der Waals surface area contributed by atoms with E-state index >= 15 is 0 Å². The van der Waals surface area contributed by atoms with Gasteiger partial charge in [-0.05, 0) is 24.6 Å². The molecule has 2 aromatic rings. The van der Waals surface area contributed by atoms with E-state index in [9.17, 15) is 14.4 Å². The lowest BCUT2D eigenvalue weighted by atomic mass is 10.1. The number of H-pyrrole nitrogens is 1. The first-order valence-corrected chi connectivity index (χ1v) is 6.39. The molecular weight excluding hydrogens is 272 g/mol. The van der Waals surface area contributed by atoms with Crippen LogP contribution in [0.1, 0.15) is 28.9 Å². The van der Waals surface area contributed by atoms with Gasteiger partial charge >= 0.3 is 5.69 Å². The van der Waals surface area contributed by atoms with Crippen LogP contribution in [0.15, 0.2) is 40.3 Å². The summed E-state index contributed by atoms with van der Waals surface area (Å²) in [6, 6.07) is 3.39. The first kappa shape index (κ1) is 14.7. The number of aromatic amines is 1. The number of carbonyl (C=O) groups is 1. The van der Waals surface area contributed by atoms with Gasteiger partial charge in [0.1, 0.15) is 5.56 Å². The standard InChI is InChI=1S/C14H16N4O3/c1-9(10-4-6-15-7-5-10)18(3)13(20)11-8-17(2)14(21)16-12(11)19/h4-9H,1-3H3,(H,16,19,21). The Balaban J connectivity index is 2.34. The van der Waals surface area contributed by atoms with Gasteiger partial charge < -0.3 is 9.47 Å². The Morgan fingerprint density at radius 3 is 2.57 bits per heavy atom. The number of nitrogens with one attached hydrogen (secondary N) is 1. The fourth-order valence-corrected chi connectivity index (χ4v) is 1.95. The highest BCUT2D eigenvalue weighted by atomic mass is 16.2. The minimum absolute atomic E-state index is 0.0690. The molecule has 2 rings (SSSR count). The monoisotopic (exact) mass is 288 g/mol. The molecule has 0 aliphatic carbocycles. The van der Waals surface area contributed by atoms with E-state index in [1.54, 1.807) is 31.6 Å². The van der Waals surface area contributed by atoms with Crippen LogP contribution in [0.2, 0.25) is 0 Å². The molecule has 0 saturated carbocycles. The predicted octanol–water partition coefficient (Wildman–Crippen LogP) is 0.302. The number of aryl methyl sites for hydroxylation is 1. The van der Waals surface area contributed by atoms with Crippen LogP contribution in [0.4, 0.5) is 0 Å². The summed E-state index contributed by atoms with van der Waals surface area (Å²) >= 11 is 0. The molecule has 2 aromatic heterocycles. The van der Waals surface area contributed by atoms with Crippen LogP contribution in [-0.4, -0.2) is 32.4 Å². The molecule has 1 unspecified atom stereocenters. The number of hydrogen-bond donors (Lipinski definition) is 1. The van der Waals surface area contributed by atoms with E-state index in [0.717, 1.165) is 5.56 Å². The predicted molar refractivity (Wildman–Crippen MR) is 77.0 cm³/mol. The lowest BCUT2D eigenvalue weighted by Gasteiger charge is -2.25. The number of amides is 1. The molecule has 1 amide bonds. The first-order chi connectivity index (χ1) is 9.91. The van der Waals surface area contributed by atoms with Crippen molar-refractivity contribution in [3.05, 3.63) is 62.7 Å². The van der Waals surface area contributed by atoms with Crippen molar-refractivity contribution in [2.75, 3.05) is 7.05 Å². The Morgan fingerprint density at radius 1 is 1.33 bits per heavy atom. The van der Waals surface area contributed by atoms with Gasteiger partial charge in [0, 0.05) is 32.7 Å². The van der Waals surface area contributed by atoms with E-state index in [1.807, 2.05) is 6.92 Å². The van der Waals surface area contributed by atoms with E-state index in [2.05, 4.69) is 9.97 Å². The summed E-state index contributed by atoms with van der Waals surface area (Å²) in [7, 11) is 3.08. The second-order valence-corrected chi connectivity index (χ2v) is 4.79. The number of pyridine rings is 1. The third kappa shape index (κ3) is 2.91. The smallest absolute Gasteiger partial charge is 0.328 e. The number of carbonyl (C=O) groups excluding carboxylic acids is 1. The topological polar surface area (TPSA) is 88.1 Å². The molecule has 0 aromatic carbocycles. The van der Waals surface area contributed by atoms with Crippen LogP contribution in [0.3, 0.4) is 0 Å². The molecule has 2 heterocycles. The molecule has 0 aliphatic rings. The maximum absolute atomic E-state index is 12.4. The highest BCUT2D eigenvalue weighted by Crippen LogP contribution is 2.18. The Hall–Kier alpha value is -2.70. The highest BCUT2D eigenvalue weighted by Gasteiger charge is 2.21. The van der Waals surface area contributed by atoms with Crippen molar-refractivity contribution >= 4 is 5.91 Å². The maximum Gasteiger partial charge on any atom is 0.328 e. The fourth-order valence-electron chi connectivity index (χ4n) is 1.95. The van der Waals surface area contributed by atoms with Crippen molar-refractivity contribution in [1.82, 2.24) is 19.4 Å². The summed E-state index contributed by atoms with van der Waals surface area (Å²) in [4.78, 5) is 43.0. The minimum atomic E-state index is -0.683. The summed E-state index contributed by atoms with van der Waals surface area (Å²) in [6.45, 7) is 1.85. The van der Waals surface area contributed by atoms with Gasteiger partial charge in [-0.1, -0.05) is 0 Å². The summed E-state index contributed by atoms with van der Waals surface area (Å²) in [5.41, 5.74) is -0.402. The van der Waals surface area contributed by atoms with Crippen molar-refractivity contribution in [3.8, 4) is 0 Å². The van der Waals surface area contributed by atoms with Gasteiger partial charge in [0.05, 0.1) is 6.04 Å². The van der Waals surface area contributed by atoms with Gasteiger partial charge in [-0.25, -0.2) is 4.79 Å². The maximum atomic E-state index is 12.4. The van der Waals surface area contributed by atoms with Gasteiger partial charge in [-0.2, -0.15) is 0 Å². The normalized spacial score (nSPS) is 12.0. The fraction of sp³-hybridized carbons (Fsp3) is 0.286. The molecule has 110 valence electrons. The molecule has 0 aliphatic heterocycles. The highest BCUT2D eigenvalue weighted by molar-refractivity contribution is 5.93. The van der Waals surface area contributed by atoms with Crippen LogP contribution >= 0.6 is 0 Å². The molecule has 1 atom stereocenters. The summed E-state index contributed by atoms with van der Waals surface area (Å²) < 4.78 is 1.17. The van der Waals surface area contributed by atoms with Gasteiger partial charge in [-0.15, -0.1) is 0 Å². The molecule has 0 bridgehead atoms. The van der Waals surface area contributed by atoms with Crippen LogP contribution in [0, 0.1) is 0 Å². The van der Waals surface area contributed by atoms with Crippen molar-refractivity contribution in [1.29, 1.82) is 0 Å². The molecule has 1 N–H and O–H groups in total. The molecular formula is C14H16N4O3. The third-order valence-electron chi connectivity index (χ3n) is 3.43. The second kappa shape index (κ2) is 5.74. The van der Waals surface area contributed by atoms with Gasteiger partial charge in [-0.3, -0.25) is 19.6 Å². The SMILES string of the molecule is CC(c1ccncc1)N(C)C(=O)c1cn(C)c(=O)[nH]c1=O. The number of aromatic nitrogens is 3. The molecule has 0 fully saturated rings. The van der Waals surface area contributed by atoms with Crippen molar-refractivity contribution in [2.24, 2.45) is 7.05 Å². The first-order valence-electron chi connectivity index (χ1n) is 6.39. The average molecular weight is 288 g/mol. The van der Waals surface area contributed by atoms with Crippen LogP contribution in [0.5, 0.6) is 0 Å². The Bertz CT molecular complexity index is 764. The largest absolute Gasteiger partial charge is 0.335 e. The molecule has 0 saturated heterocycles. The molecule has 0 radical (unpaired) electrons. The van der Waals surface area contributed by atoms with E-state index < -0.39 is 17.2 Å². The molecule has 21 heavy (non-hydrogen) atoms. The van der Waals surface area contributed by atoms with Crippen molar-refractivity contribution < 1.29 is 4.79 Å². The van der Waals surface area contributed by atoms with E-state index in [1.165, 1.54) is 22.7 Å². The zero-order valence-corrected chi connectivity index (χ0v) is 12.0. The Morgan fingerprint density at radius 2 is 1.95 bits per heavy atom. The Labute approximate surface area is 120 Å². The molecule has 7 nitrogen and oxygen atoms in total. The summed E-state index contributed by atoms with van der Waals surface area (Å²) in [6.07, 6.45) is 4.53. The number of rotatable bonds is 3. The van der Waals surface area contributed by atoms with Crippen LogP contribution in [0.25, 0.3) is 0 Å². The van der Waals surface area contributed by atoms with Gasteiger partial charge in [0.2, 0.25) is 0 Å². The van der Waals surface area contributed by atoms with Crippen LogP contribution in [-0.2, 0) is 7.05 Å². The lowest BCUT2D eigenvalue weighted by Crippen LogP contribution is -2.38. The van der Waals surface area contributed by atoms with Crippen molar-refractivity contribution in [3.63, 3.8) is 0 Å². The van der Waals surface area contributed by atoms with Crippen LogP contribution < -0.4 is 11.2 Å². The zero-order chi connectivity index (χ0) is 15.6. The summed E-state index contributed by atoms with van der Waals surface area (Å²) in [5.74, 6) is -0.448. The zero-order valence-electron chi connectivity index (χ0n) is 12.0. The quantitative estimate of drug-likeness (QED) is 0.880. The van der Waals surface area contributed by atoms with Crippen molar-refractivity contribution in [2.45, 2.75) is 13.0 Å². The second-order valence-electron chi connectivity index (χ2n) is 4.79. The van der Waals surface area contributed by atoms with E-state index in [-0.39, 0.29) is 11.6 Å². The molecule has 0 spiro atoms. The van der Waals surface area contributed by atoms with Gasteiger partial charge in [0.25, 0.3) is 11.5 Å². The minimum Gasteiger partial charge on any atom is -0.335 e.